The summed E-state index contributed by atoms with van der Waals surface area (Å²) in [6.07, 6.45) is 0.159. The molecular formula is C14H18O3. The number of hydrogen-bond donors (Lipinski definition) is 1. The number of carboxylic acids is 1. The molecule has 2 rings (SSSR count). The summed E-state index contributed by atoms with van der Waals surface area (Å²) in [6, 6.07) is 6.00. The van der Waals surface area contributed by atoms with Gasteiger partial charge in [-0.15, -0.1) is 0 Å². The van der Waals surface area contributed by atoms with E-state index < -0.39 is 5.97 Å². The Morgan fingerprint density at radius 1 is 1.53 bits per heavy atom. The van der Waals surface area contributed by atoms with Crippen molar-refractivity contribution in [3.05, 3.63) is 29.3 Å². The Morgan fingerprint density at radius 2 is 2.24 bits per heavy atom. The van der Waals surface area contributed by atoms with Gasteiger partial charge in [0.05, 0.1) is 13.0 Å². The summed E-state index contributed by atoms with van der Waals surface area (Å²) >= 11 is 0. The van der Waals surface area contributed by atoms with Gasteiger partial charge in [0.2, 0.25) is 0 Å². The second-order valence-electron chi connectivity index (χ2n) is 5.47. The number of fused-ring (bicyclic) bond motifs is 1. The van der Waals surface area contributed by atoms with E-state index in [1.54, 1.807) is 0 Å². The highest BCUT2D eigenvalue weighted by Crippen LogP contribution is 2.46. The van der Waals surface area contributed by atoms with Crippen LogP contribution < -0.4 is 4.74 Å². The predicted octanol–water partition coefficient (Wildman–Crippen LogP) is 2.97. The SMILES string of the molecule is Cc1ccc2c(c1)OCC(C)(C)C2CC(=O)O. The lowest BCUT2D eigenvalue weighted by Gasteiger charge is -2.39. The van der Waals surface area contributed by atoms with Crippen LogP contribution in [0.25, 0.3) is 0 Å². The molecule has 0 aliphatic carbocycles. The first-order chi connectivity index (χ1) is 7.90. The standard InChI is InChI=1S/C14H18O3/c1-9-4-5-10-11(7-13(15)16)14(2,3)8-17-12(10)6-9/h4-6,11H,7-8H2,1-3H3,(H,15,16). The average molecular weight is 234 g/mol. The minimum atomic E-state index is -0.753. The minimum absolute atomic E-state index is 0.0179. The maximum atomic E-state index is 11.0. The Bertz CT molecular complexity index is 449. The van der Waals surface area contributed by atoms with Crippen molar-refractivity contribution in [3.63, 3.8) is 0 Å². The first-order valence-corrected chi connectivity index (χ1v) is 5.85. The third-order valence-corrected chi connectivity index (χ3v) is 3.47. The summed E-state index contributed by atoms with van der Waals surface area (Å²) in [5.41, 5.74) is 2.02. The van der Waals surface area contributed by atoms with E-state index in [1.807, 2.05) is 25.1 Å². The van der Waals surface area contributed by atoms with Crippen LogP contribution in [0.4, 0.5) is 0 Å². The highest BCUT2D eigenvalue weighted by molar-refractivity contribution is 5.68. The van der Waals surface area contributed by atoms with E-state index in [4.69, 9.17) is 9.84 Å². The van der Waals surface area contributed by atoms with Crippen molar-refractivity contribution in [2.24, 2.45) is 5.41 Å². The van der Waals surface area contributed by atoms with E-state index >= 15 is 0 Å². The fourth-order valence-electron chi connectivity index (χ4n) is 2.40. The van der Waals surface area contributed by atoms with Crippen molar-refractivity contribution in [1.82, 2.24) is 0 Å². The summed E-state index contributed by atoms with van der Waals surface area (Å²) in [5, 5.41) is 9.04. The number of carboxylic acid groups (broad SMARTS) is 1. The van der Waals surface area contributed by atoms with Crippen LogP contribution in [0.1, 0.15) is 37.3 Å². The summed E-state index contributed by atoms with van der Waals surface area (Å²) in [7, 11) is 0. The first kappa shape index (κ1) is 12.0. The number of benzene rings is 1. The van der Waals surface area contributed by atoms with E-state index in [0.717, 1.165) is 16.9 Å². The predicted molar refractivity (Wildman–Crippen MR) is 65.4 cm³/mol. The molecule has 1 aromatic rings. The molecule has 1 heterocycles. The molecule has 1 aromatic carbocycles. The molecule has 0 aromatic heterocycles. The van der Waals surface area contributed by atoms with Crippen molar-refractivity contribution in [1.29, 1.82) is 0 Å². The lowest BCUT2D eigenvalue weighted by molar-refractivity contribution is -0.138. The fraction of sp³-hybridized carbons (Fsp3) is 0.500. The largest absolute Gasteiger partial charge is 0.493 e. The maximum Gasteiger partial charge on any atom is 0.303 e. The zero-order chi connectivity index (χ0) is 12.6. The second-order valence-corrected chi connectivity index (χ2v) is 5.47. The first-order valence-electron chi connectivity index (χ1n) is 5.85. The van der Waals surface area contributed by atoms with Crippen LogP contribution in [-0.4, -0.2) is 17.7 Å². The molecule has 0 radical (unpaired) electrons. The molecule has 17 heavy (non-hydrogen) atoms. The lowest BCUT2D eigenvalue weighted by atomic mass is 9.72. The maximum absolute atomic E-state index is 11.0. The number of rotatable bonds is 2. The van der Waals surface area contributed by atoms with Gasteiger partial charge in [-0.3, -0.25) is 4.79 Å². The van der Waals surface area contributed by atoms with Gasteiger partial charge in [0, 0.05) is 11.3 Å². The zero-order valence-electron chi connectivity index (χ0n) is 10.5. The van der Waals surface area contributed by atoms with Gasteiger partial charge in [0.1, 0.15) is 5.75 Å². The van der Waals surface area contributed by atoms with Gasteiger partial charge < -0.3 is 9.84 Å². The highest BCUT2D eigenvalue weighted by atomic mass is 16.5. The highest BCUT2D eigenvalue weighted by Gasteiger charge is 2.38. The van der Waals surface area contributed by atoms with Crippen molar-refractivity contribution < 1.29 is 14.6 Å². The van der Waals surface area contributed by atoms with Crippen LogP contribution in [0.3, 0.4) is 0 Å². The molecule has 0 saturated carbocycles. The fourth-order valence-corrected chi connectivity index (χ4v) is 2.40. The second kappa shape index (κ2) is 4.06. The van der Waals surface area contributed by atoms with E-state index in [2.05, 4.69) is 13.8 Å². The monoisotopic (exact) mass is 234 g/mol. The number of ether oxygens (including phenoxy) is 1. The van der Waals surface area contributed by atoms with Gasteiger partial charge in [0.25, 0.3) is 0 Å². The van der Waals surface area contributed by atoms with Gasteiger partial charge >= 0.3 is 5.97 Å². The van der Waals surface area contributed by atoms with Crippen LogP contribution in [0.15, 0.2) is 18.2 Å². The molecule has 1 atom stereocenters. The van der Waals surface area contributed by atoms with Crippen molar-refractivity contribution in [3.8, 4) is 5.75 Å². The Labute approximate surface area is 101 Å². The third-order valence-electron chi connectivity index (χ3n) is 3.47. The van der Waals surface area contributed by atoms with Crippen molar-refractivity contribution in [2.75, 3.05) is 6.61 Å². The molecule has 1 aliphatic rings. The average Bonchev–Trinajstić information content (AvgIpc) is 2.22. The Kier molecular flexibility index (Phi) is 2.86. The third kappa shape index (κ3) is 2.28. The minimum Gasteiger partial charge on any atom is -0.493 e. The molecule has 1 N–H and O–H groups in total. The van der Waals surface area contributed by atoms with Crippen LogP contribution in [0.2, 0.25) is 0 Å². The van der Waals surface area contributed by atoms with Gasteiger partial charge in [-0.25, -0.2) is 0 Å². The molecule has 0 bridgehead atoms. The van der Waals surface area contributed by atoms with Crippen molar-refractivity contribution in [2.45, 2.75) is 33.1 Å². The zero-order valence-corrected chi connectivity index (χ0v) is 10.5. The molecule has 0 saturated heterocycles. The van der Waals surface area contributed by atoms with Crippen LogP contribution in [0, 0.1) is 12.3 Å². The molecular weight excluding hydrogens is 216 g/mol. The number of aliphatic carboxylic acids is 1. The number of aryl methyl sites for hydroxylation is 1. The van der Waals surface area contributed by atoms with Gasteiger partial charge in [-0.1, -0.05) is 26.0 Å². The summed E-state index contributed by atoms with van der Waals surface area (Å²) in [5.74, 6) is 0.108. The Hall–Kier alpha value is -1.51. The van der Waals surface area contributed by atoms with Crippen LogP contribution in [-0.2, 0) is 4.79 Å². The van der Waals surface area contributed by atoms with Gasteiger partial charge in [-0.05, 0) is 24.1 Å². The summed E-state index contributed by atoms with van der Waals surface area (Å²) < 4.78 is 5.74. The molecule has 3 heteroatoms. The topological polar surface area (TPSA) is 46.5 Å². The quantitative estimate of drug-likeness (QED) is 0.855. The van der Waals surface area contributed by atoms with Gasteiger partial charge in [0.15, 0.2) is 0 Å². The molecule has 1 unspecified atom stereocenters. The number of hydrogen-bond acceptors (Lipinski definition) is 2. The van der Waals surface area contributed by atoms with Crippen LogP contribution >= 0.6 is 0 Å². The summed E-state index contributed by atoms with van der Waals surface area (Å²) in [6.45, 7) is 6.70. The molecule has 1 aliphatic heterocycles. The summed E-state index contributed by atoms with van der Waals surface area (Å²) in [4.78, 5) is 11.0. The van der Waals surface area contributed by atoms with E-state index in [-0.39, 0.29) is 17.8 Å². The Balaban J connectivity index is 2.43. The van der Waals surface area contributed by atoms with Gasteiger partial charge in [-0.2, -0.15) is 0 Å². The lowest BCUT2D eigenvalue weighted by Crippen LogP contribution is -2.35. The van der Waals surface area contributed by atoms with E-state index in [0.29, 0.717) is 6.61 Å². The molecule has 92 valence electrons. The number of carbonyl (C=O) groups is 1. The molecule has 0 fully saturated rings. The molecule has 3 nitrogen and oxygen atoms in total. The van der Waals surface area contributed by atoms with E-state index in [1.165, 1.54) is 0 Å². The van der Waals surface area contributed by atoms with Crippen molar-refractivity contribution >= 4 is 5.97 Å². The smallest absolute Gasteiger partial charge is 0.303 e. The van der Waals surface area contributed by atoms with E-state index in [9.17, 15) is 4.79 Å². The van der Waals surface area contributed by atoms with Crippen LogP contribution in [0.5, 0.6) is 5.75 Å². The molecule has 0 amide bonds. The normalized spacial score (nSPS) is 21.5. The Morgan fingerprint density at radius 3 is 2.88 bits per heavy atom. The molecule has 0 spiro atoms.